The van der Waals surface area contributed by atoms with Crippen LogP contribution in [0.25, 0.3) is 0 Å². The molecule has 3 heterocycles. The zero-order chi connectivity index (χ0) is 7.97. The number of hydrogen-bond donors (Lipinski definition) is 1. The lowest BCUT2D eigenvalue weighted by Gasteiger charge is -2.10. The fourth-order valence-electron chi connectivity index (χ4n) is 1.47. The minimum absolute atomic E-state index is 0.748. The molecule has 3 heteroatoms. The van der Waals surface area contributed by atoms with Crippen LogP contribution < -0.4 is 5.32 Å². The van der Waals surface area contributed by atoms with Gasteiger partial charge in [0.1, 0.15) is 11.5 Å². The molecule has 1 aliphatic heterocycles. The van der Waals surface area contributed by atoms with Crippen LogP contribution in [0.15, 0.2) is 33.5 Å². The molecule has 3 nitrogen and oxygen atoms in total. The molecule has 0 unspecified atom stereocenters. The lowest BCUT2D eigenvalue weighted by Crippen LogP contribution is -2.01. The second kappa shape index (κ2) is 1.94. The Hall–Kier alpha value is -1.64. The summed E-state index contributed by atoms with van der Waals surface area (Å²) in [5, 5.41) is 3.21. The summed E-state index contributed by atoms with van der Waals surface area (Å²) in [7, 11) is 0. The number of nitrogens with one attached hydrogen (secondary N) is 1. The van der Waals surface area contributed by atoms with E-state index in [1.807, 2.05) is 12.1 Å². The fraction of sp³-hybridized carbons (Fsp3) is 0.111. The van der Waals surface area contributed by atoms with Gasteiger partial charge >= 0.3 is 0 Å². The number of anilines is 2. The third-order valence-electron chi connectivity index (χ3n) is 2.08. The highest BCUT2D eigenvalue weighted by Gasteiger charge is 2.18. The molecule has 0 radical (unpaired) electrons. The van der Waals surface area contributed by atoms with E-state index >= 15 is 0 Å². The van der Waals surface area contributed by atoms with E-state index in [9.17, 15) is 0 Å². The van der Waals surface area contributed by atoms with Crippen molar-refractivity contribution in [2.24, 2.45) is 0 Å². The van der Waals surface area contributed by atoms with Crippen molar-refractivity contribution in [2.75, 3.05) is 5.32 Å². The van der Waals surface area contributed by atoms with Crippen LogP contribution in [-0.2, 0) is 6.42 Å². The Morgan fingerprint density at radius 2 is 1.58 bits per heavy atom. The minimum Gasteiger partial charge on any atom is -0.467 e. The summed E-state index contributed by atoms with van der Waals surface area (Å²) in [6, 6.07) is 3.84. The number of fused-ring (bicyclic) bond motifs is 2. The highest BCUT2D eigenvalue weighted by atomic mass is 16.3. The average molecular weight is 161 g/mol. The van der Waals surface area contributed by atoms with E-state index in [-0.39, 0.29) is 0 Å². The molecular weight excluding hydrogens is 154 g/mol. The van der Waals surface area contributed by atoms with Gasteiger partial charge in [0.05, 0.1) is 30.3 Å². The average Bonchev–Trinajstić information content (AvgIpc) is 2.64. The summed E-state index contributed by atoms with van der Waals surface area (Å²) in [5.41, 5.74) is 2.09. The molecule has 0 saturated heterocycles. The third-order valence-corrected chi connectivity index (χ3v) is 2.08. The van der Waals surface area contributed by atoms with Crippen LogP contribution in [0.3, 0.4) is 0 Å². The second-order valence-electron chi connectivity index (χ2n) is 2.82. The van der Waals surface area contributed by atoms with Crippen molar-refractivity contribution in [3.63, 3.8) is 0 Å². The molecule has 0 bridgehead atoms. The molecule has 12 heavy (non-hydrogen) atoms. The molecule has 0 aliphatic carbocycles. The molecule has 2 aromatic heterocycles. The van der Waals surface area contributed by atoms with Gasteiger partial charge in [-0.3, -0.25) is 0 Å². The van der Waals surface area contributed by atoms with E-state index in [0.29, 0.717) is 0 Å². The zero-order valence-electron chi connectivity index (χ0n) is 6.33. The second-order valence-corrected chi connectivity index (χ2v) is 2.82. The van der Waals surface area contributed by atoms with Crippen LogP contribution in [0.1, 0.15) is 11.5 Å². The number of rotatable bonds is 0. The molecule has 0 spiro atoms. The van der Waals surface area contributed by atoms with Crippen LogP contribution in [0, 0.1) is 0 Å². The molecule has 2 aromatic rings. The van der Waals surface area contributed by atoms with Gasteiger partial charge in [-0.1, -0.05) is 0 Å². The van der Waals surface area contributed by atoms with Crippen molar-refractivity contribution >= 4 is 11.4 Å². The molecule has 0 amide bonds. The Morgan fingerprint density at radius 3 is 2.17 bits per heavy atom. The largest absolute Gasteiger partial charge is 0.467 e. The molecule has 0 fully saturated rings. The highest BCUT2D eigenvalue weighted by molar-refractivity contribution is 5.67. The summed E-state index contributed by atoms with van der Waals surface area (Å²) >= 11 is 0. The van der Waals surface area contributed by atoms with Crippen molar-refractivity contribution in [1.82, 2.24) is 0 Å². The van der Waals surface area contributed by atoms with Gasteiger partial charge < -0.3 is 14.2 Å². The first kappa shape index (κ1) is 5.94. The van der Waals surface area contributed by atoms with Crippen molar-refractivity contribution in [3.05, 3.63) is 36.2 Å². The fourth-order valence-corrected chi connectivity index (χ4v) is 1.47. The van der Waals surface area contributed by atoms with Crippen molar-refractivity contribution in [1.29, 1.82) is 0 Å². The summed E-state index contributed by atoms with van der Waals surface area (Å²) in [6.45, 7) is 0. The van der Waals surface area contributed by atoms with Gasteiger partial charge in [-0.05, 0) is 0 Å². The van der Waals surface area contributed by atoms with Gasteiger partial charge in [-0.25, -0.2) is 0 Å². The molecule has 0 atom stereocenters. The van der Waals surface area contributed by atoms with Gasteiger partial charge in [0.25, 0.3) is 0 Å². The SMILES string of the molecule is c1cc2c(o1)Cc1occc1N2. The van der Waals surface area contributed by atoms with E-state index in [1.165, 1.54) is 0 Å². The Kier molecular flexibility index (Phi) is 0.961. The van der Waals surface area contributed by atoms with Gasteiger partial charge in [0.15, 0.2) is 0 Å². The minimum atomic E-state index is 0.748. The Morgan fingerprint density at radius 1 is 1.00 bits per heavy atom. The van der Waals surface area contributed by atoms with Crippen LogP contribution in [0.5, 0.6) is 0 Å². The van der Waals surface area contributed by atoms with Gasteiger partial charge in [-0.15, -0.1) is 0 Å². The van der Waals surface area contributed by atoms with Crippen LogP contribution >= 0.6 is 0 Å². The third kappa shape index (κ3) is 0.652. The molecule has 1 aliphatic rings. The van der Waals surface area contributed by atoms with Crippen molar-refractivity contribution in [3.8, 4) is 0 Å². The lowest BCUT2D eigenvalue weighted by atomic mass is 10.1. The molecule has 3 rings (SSSR count). The summed E-state index contributed by atoms with van der Waals surface area (Å²) in [6.07, 6.45) is 4.12. The monoisotopic (exact) mass is 161 g/mol. The zero-order valence-corrected chi connectivity index (χ0v) is 6.33. The van der Waals surface area contributed by atoms with Crippen molar-refractivity contribution < 1.29 is 8.83 Å². The van der Waals surface area contributed by atoms with Crippen LogP contribution in [0.4, 0.5) is 11.4 Å². The van der Waals surface area contributed by atoms with Gasteiger partial charge in [0, 0.05) is 12.1 Å². The Balaban J connectivity index is 2.15. The summed E-state index contributed by atoms with van der Waals surface area (Å²) in [4.78, 5) is 0. The van der Waals surface area contributed by atoms with Crippen LogP contribution in [0.2, 0.25) is 0 Å². The maximum Gasteiger partial charge on any atom is 0.134 e. The molecule has 60 valence electrons. The molecule has 0 aromatic carbocycles. The smallest absolute Gasteiger partial charge is 0.134 e. The van der Waals surface area contributed by atoms with E-state index in [4.69, 9.17) is 8.83 Å². The molecule has 1 N–H and O–H groups in total. The number of hydrogen-bond acceptors (Lipinski definition) is 3. The summed E-state index contributed by atoms with van der Waals surface area (Å²) in [5.74, 6) is 1.88. The van der Waals surface area contributed by atoms with Gasteiger partial charge in [-0.2, -0.15) is 0 Å². The van der Waals surface area contributed by atoms with E-state index < -0.39 is 0 Å². The van der Waals surface area contributed by atoms with Gasteiger partial charge in [0.2, 0.25) is 0 Å². The van der Waals surface area contributed by atoms with Crippen molar-refractivity contribution in [2.45, 2.75) is 6.42 Å². The van der Waals surface area contributed by atoms with E-state index in [0.717, 1.165) is 29.3 Å². The number of furan rings is 2. The first-order valence-corrected chi connectivity index (χ1v) is 3.83. The lowest BCUT2D eigenvalue weighted by molar-refractivity contribution is 0.474. The maximum absolute atomic E-state index is 5.26. The first-order valence-electron chi connectivity index (χ1n) is 3.83. The molecule has 0 saturated carbocycles. The standard InChI is InChI=1S/C9H7NO2/c1-3-11-8-5-9-7(2-4-12-9)10-6(1)8/h1-4,10H,5H2. The molecular formula is C9H7NO2. The predicted octanol–water partition coefficient (Wildman–Crippen LogP) is 2.52. The summed E-state index contributed by atoms with van der Waals surface area (Å²) < 4.78 is 10.5. The predicted molar refractivity (Wildman–Crippen MR) is 43.5 cm³/mol. The highest BCUT2D eigenvalue weighted by Crippen LogP contribution is 2.33. The van der Waals surface area contributed by atoms with E-state index in [1.54, 1.807) is 12.5 Å². The quantitative estimate of drug-likeness (QED) is 0.550. The topological polar surface area (TPSA) is 38.3 Å². The Bertz CT molecular complexity index is 340. The maximum atomic E-state index is 5.26. The Labute approximate surface area is 69.0 Å². The van der Waals surface area contributed by atoms with Crippen LogP contribution in [-0.4, -0.2) is 0 Å². The van der Waals surface area contributed by atoms with E-state index in [2.05, 4.69) is 5.32 Å². The normalized spacial score (nSPS) is 13.3. The first-order chi connectivity index (χ1) is 5.93.